The number of nitrogens with two attached hydrogens (primary N) is 1. The van der Waals surface area contributed by atoms with Crippen LogP contribution in [0.25, 0.3) is 0 Å². The van der Waals surface area contributed by atoms with Crippen molar-refractivity contribution in [2.45, 2.75) is 17.4 Å². The van der Waals surface area contributed by atoms with Crippen LogP contribution in [0, 0.1) is 0 Å². The molecule has 0 saturated carbocycles. The Hall–Kier alpha value is -1.95. The van der Waals surface area contributed by atoms with Gasteiger partial charge < -0.3 is 11.1 Å². The number of nitrogens with zero attached hydrogens (tertiary/aromatic N) is 2. The van der Waals surface area contributed by atoms with Gasteiger partial charge in [0.15, 0.2) is 0 Å². The van der Waals surface area contributed by atoms with Gasteiger partial charge in [0, 0.05) is 29.8 Å². The Balaban J connectivity index is 1.68. The average molecular weight is 288 g/mol. The molecule has 1 aliphatic heterocycles. The van der Waals surface area contributed by atoms with Crippen LogP contribution < -0.4 is 11.1 Å². The zero-order valence-electron chi connectivity index (χ0n) is 11.2. The number of anilines is 1. The van der Waals surface area contributed by atoms with Crippen LogP contribution in [0.15, 0.2) is 35.4 Å². The molecule has 1 unspecified atom stereocenters. The Bertz CT molecular complexity index is 652. The number of aryl methyl sites for hydroxylation is 1. The molecule has 1 aromatic carbocycles. The van der Waals surface area contributed by atoms with Gasteiger partial charge in [-0.05, 0) is 11.6 Å². The van der Waals surface area contributed by atoms with Crippen LogP contribution >= 0.6 is 11.8 Å². The van der Waals surface area contributed by atoms with Gasteiger partial charge >= 0.3 is 0 Å². The number of nitrogens with one attached hydrogen (secondary N) is 1. The highest BCUT2D eigenvalue weighted by molar-refractivity contribution is 7.99. The predicted octanol–water partition coefficient (Wildman–Crippen LogP) is 1.51. The molecular formula is C14H16N4OS. The zero-order valence-corrected chi connectivity index (χ0v) is 12.0. The van der Waals surface area contributed by atoms with E-state index in [-0.39, 0.29) is 11.8 Å². The van der Waals surface area contributed by atoms with E-state index >= 15 is 0 Å². The number of hydrogen-bond donors (Lipinski definition) is 2. The summed E-state index contributed by atoms with van der Waals surface area (Å²) < 4.78 is 1.60. The maximum Gasteiger partial charge on any atom is 0.228 e. The van der Waals surface area contributed by atoms with E-state index < -0.39 is 0 Å². The molecule has 5 nitrogen and oxygen atoms in total. The second kappa shape index (κ2) is 5.20. The Labute approximate surface area is 121 Å². The minimum absolute atomic E-state index is 0.0469. The number of rotatable bonds is 3. The van der Waals surface area contributed by atoms with Crippen molar-refractivity contribution >= 4 is 23.5 Å². The van der Waals surface area contributed by atoms with Gasteiger partial charge in [-0.3, -0.25) is 9.48 Å². The number of carbonyl (C=O) groups is 1. The first kappa shape index (κ1) is 13.1. The highest BCUT2D eigenvalue weighted by atomic mass is 32.2. The fourth-order valence-electron chi connectivity index (χ4n) is 2.31. The van der Waals surface area contributed by atoms with E-state index in [1.807, 2.05) is 18.2 Å². The topological polar surface area (TPSA) is 72.9 Å². The van der Waals surface area contributed by atoms with Gasteiger partial charge in [0.25, 0.3) is 0 Å². The zero-order chi connectivity index (χ0) is 14.1. The third-order valence-electron chi connectivity index (χ3n) is 3.53. The highest BCUT2D eigenvalue weighted by Gasteiger charge is 2.28. The molecule has 0 aliphatic carbocycles. The molecule has 0 radical (unpaired) electrons. The largest absolute Gasteiger partial charge is 0.384 e. The summed E-state index contributed by atoms with van der Waals surface area (Å²) in [7, 11) is 1.78. The maximum atomic E-state index is 12.3. The summed E-state index contributed by atoms with van der Waals surface area (Å²) in [6.07, 6.45) is 1.69. The Morgan fingerprint density at radius 3 is 3.10 bits per heavy atom. The van der Waals surface area contributed by atoms with Gasteiger partial charge in [-0.2, -0.15) is 5.10 Å². The summed E-state index contributed by atoms with van der Waals surface area (Å²) in [6, 6.07) is 8.07. The van der Waals surface area contributed by atoms with Crippen LogP contribution in [0.3, 0.4) is 0 Å². The van der Waals surface area contributed by atoms with Crippen LogP contribution in [-0.4, -0.2) is 21.4 Å². The normalized spacial score (nSPS) is 16.9. The first-order valence-corrected chi connectivity index (χ1v) is 7.41. The molecule has 20 heavy (non-hydrogen) atoms. The van der Waals surface area contributed by atoms with Crippen LogP contribution in [-0.2, 0) is 18.4 Å². The van der Waals surface area contributed by atoms with Gasteiger partial charge in [-0.15, -0.1) is 11.8 Å². The molecule has 0 bridgehead atoms. The number of amides is 1. The van der Waals surface area contributed by atoms with Crippen molar-refractivity contribution in [1.82, 2.24) is 15.1 Å². The minimum Gasteiger partial charge on any atom is -0.384 e. The Kier molecular flexibility index (Phi) is 3.40. The van der Waals surface area contributed by atoms with Crippen molar-refractivity contribution < 1.29 is 4.79 Å². The van der Waals surface area contributed by atoms with Crippen LogP contribution in [0.2, 0.25) is 0 Å². The molecule has 2 aromatic rings. The lowest BCUT2D eigenvalue weighted by atomic mass is 10.0. The third-order valence-corrected chi connectivity index (χ3v) is 4.72. The van der Waals surface area contributed by atoms with Crippen LogP contribution in [0.4, 0.5) is 5.82 Å². The standard InChI is InChI=1S/C14H16N4OS/c1-18-13(15)9(7-17-18)6-16-14(19)11-8-20-12-5-3-2-4-10(11)12/h2-5,7,11H,6,8,15H2,1H3,(H,16,19). The molecule has 1 aliphatic rings. The first-order valence-electron chi connectivity index (χ1n) is 6.42. The lowest BCUT2D eigenvalue weighted by Gasteiger charge is -2.11. The van der Waals surface area contributed by atoms with E-state index in [0.717, 1.165) is 16.9 Å². The van der Waals surface area contributed by atoms with Gasteiger partial charge in [-0.25, -0.2) is 0 Å². The molecule has 0 spiro atoms. The van der Waals surface area contributed by atoms with Crippen molar-refractivity contribution in [3.8, 4) is 0 Å². The Morgan fingerprint density at radius 2 is 2.35 bits per heavy atom. The molecule has 3 rings (SSSR count). The molecule has 6 heteroatoms. The molecule has 0 saturated heterocycles. The summed E-state index contributed by atoms with van der Waals surface area (Å²) in [6.45, 7) is 0.418. The van der Waals surface area contributed by atoms with Crippen LogP contribution in [0.1, 0.15) is 17.0 Å². The Morgan fingerprint density at radius 1 is 1.55 bits per heavy atom. The number of aromatic nitrogens is 2. The number of hydrogen-bond acceptors (Lipinski definition) is 4. The van der Waals surface area contributed by atoms with Crippen molar-refractivity contribution in [3.63, 3.8) is 0 Å². The second-order valence-electron chi connectivity index (χ2n) is 4.80. The molecule has 0 fully saturated rings. The first-order chi connectivity index (χ1) is 9.66. The van der Waals surface area contributed by atoms with E-state index in [0.29, 0.717) is 12.4 Å². The van der Waals surface area contributed by atoms with E-state index in [4.69, 9.17) is 5.73 Å². The summed E-state index contributed by atoms with van der Waals surface area (Å²) >= 11 is 1.73. The SMILES string of the molecule is Cn1ncc(CNC(=O)C2CSc3ccccc32)c1N. The van der Waals surface area contributed by atoms with Gasteiger partial charge in [0.2, 0.25) is 5.91 Å². The molecule has 1 amide bonds. The molecule has 3 N–H and O–H groups in total. The molecule has 1 atom stereocenters. The lowest BCUT2D eigenvalue weighted by Crippen LogP contribution is -2.29. The number of carbonyl (C=O) groups excluding carboxylic acids is 1. The monoisotopic (exact) mass is 288 g/mol. The number of thioether (sulfide) groups is 1. The number of benzene rings is 1. The van der Waals surface area contributed by atoms with Crippen molar-refractivity contribution in [3.05, 3.63) is 41.6 Å². The quantitative estimate of drug-likeness (QED) is 0.898. The summed E-state index contributed by atoms with van der Waals surface area (Å²) in [5.74, 6) is 1.36. The third kappa shape index (κ3) is 2.27. The molecule has 104 valence electrons. The van der Waals surface area contributed by atoms with Gasteiger partial charge in [0.05, 0.1) is 12.1 Å². The van der Waals surface area contributed by atoms with Gasteiger partial charge in [-0.1, -0.05) is 18.2 Å². The van der Waals surface area contributed by atoms with E-state index in [1.54, 1.807) is 29.7 Å². The van der Waals surface area contributed by atoms with Crippen molar-refractivity contribution in [2.75, 3.05) is 11.5 Å². The van der Waals surface area contributed by atoms with E-state index in [1.165, 1.54) is 4.90 Å². The fraction of sp³-hybridized carbons (Fsp3) is 0.286. The smallest absolute Gasteiger partial charge is 0.228 e. The van der Waals surface area contributed by atoms with E-state index in [9.17, 15) is 4.79 Å². The van der Waals surface area contributed by atoms with Crippen LogP contribution in [0.5, 0.6) is 0 Å². The number of nitrogen functional groups attached to an aromatic ring is 1. The predicted molar refractivity (Wildman–Crippen MR) is 79.4 cm³/mol. The average Bonchev–Trinajstić information content (AvgIpc) is 3.02. The minimum atomic E-state index is -0.0749. The van der Waals surface area contributed by atoms with E-state index in [2.05, 4.69) is 16.5 Å². The lowest BCUT2D eigenvalue weighted by molar-refractivity contribution is -0.122. The summed E-state index contributed by atoms with van der Waals surface area (Å²) in [5.41, 5.74) is 7.83. The maximum absolute atomic E-state index is 12.3. The second-order valence-corrected chi connectivity index (χ2v) is 5.86. The molecule has 1 aromatic heterocycles. The van der Waals surface area contributed by atoms with Crippen molar-refractivity contribution in [2.24, 2.45) is 7.05 Å². The fourth-order valence-corrected chi connectivity index (χ4v) is 3.54. The molecule has 2 heterocycles. The molecular weight excluding hydrogens is 272 g/mol. The summed E-state index contributed by atoms with van der Waals surface area (Å²) in [5, 5.41) is 7.01. The summed E-state index contributed by atoms with van der Waals surface area (Å²) in [4.78, 5) is 13.5. The van der Waals surface area contributed by atoms with Gasteiger partial charge in [0.1, 0.15) is 5.82 Å². The van der Waals surface area contributed by atoms with Crippen molar-refractivity contribution in [1.29, 1.82) is 0 Å². The highest BCUT2D eigenvalue weighted by Crippen LogP contribution is 2.39. The number of fused-ring (bicyclic) bond motifs is 1.